The highest BCUT2D eigenvalue weighted by atomic mass is 35.5. The fourth-order valence-corrected chi connectivity index (χ4v) is 3.75. The summed E-state index contributed by atoms with van der Waals surface area (Å²) in [5, 5.41) is 12.3. The molecule has 0 spiro atoms. The molecule has 10 heteroatoms. The average Bonchev–Trinajstić information content (AvgIpc) is 3.23. The number of halogens is 1. The molecule has 1 N–H and O–H groups in total. The lowest BCUT2D eigenvalue weighted by Gasteiger charge is -2.11. The molecule has 0 aliphatic heterocycles. The zero-order valence-electron chi connectivity index (χ0n) is 18.9. The number of carbonyl (C=O) groups excluding carboxylic acids is 1. The molecular weight excluding hydrogens is 460 g/mol. The SMILES string of the molecule is COc1ccc(CCNC(=O)Cn2nc(-c3ccc(Cl)cc3)c3c(C)onc3c2=O)cc1OC. The first-order valence-electron chi connectivity index (χ1n) is 10.5. The van der Waals surface area contributed by atoms with Crippen molar-refractivity contribution in [2.75, 3.05) is 20.8 Å². The van der Waals surface area contributed by atoms with Crippen LogP contribution in [0.2, 0.25) is 5.02 Å². The van der Waals surface area contributed by atoms with Crippen LogP contribution in [0.15, 0.2) is 51.8 Å². The molecule has 0 saturated carbocycles. The van der Waals surface area contributed by atoms with Gasteiger partial charge in [-0.1, -0.05) is 35.0 Å². The van der Waals surface area contributed by atoms with E-state index >= 15 is 0 Å². The minimum atomic E-state index is -0.500. The van der Waals surface area contributed by atoms with Gasteiger partial charge < -0.3 is 19.3 Å². The van der Waals surface area contributed by atoms with E-state index in [-0.39, 0.29) is 18.0 Å². The van der Waals surface area contributed by atoms with Crippen molar-refractivity contribution in [2.45, 2.75) is 19.9 Å². The number of nitrogens with zero attached hydrogens (tertiary/aromatic N) is 3. The first-order chi connectivity index (χ1) is 16.4. The number of benzene rings is 2. The van der Waals surface area contributed by atoms with Crippen LogP contribution in [-0.2, 0) is 17.8 Å². The number of aryl methyl sites for hydroxylation is 1. The van der Waals surface area contributed by atoms with Crippen molar-refractivity contribution in [2.24, 2.45) is 0 Å². The van der Waals surface area contributed by atoms with Crippen LogP contribution in [0.4, 0.5) is 0 Å². The summed E-state index contributed by atoms with van der Waals surface area (Å²) >= 11 is 6.01. The van der Waals surface area contributed by atoms with Gasteiger partial charge in [0.1, 0.15) is 18.0 Å². The normalized spacial score (nSPS) is 10.9. The number of methoxy groups -OCH3 is 2. The summed E-state index contributed by atoms with van der Waals surface area (Å²) in [6.45, 7) is 1.83. The Kier molecular flexibility index (Phi) is 6.83. The predicted octanol–water partition coefficient (Wildman–Crippen LogP) is 3.39. The summed E-state index contributed by atoms with van der Waals surface area (Å²) in [4.78, 5) is 25.5. The second-order valence-corrected chi connectivity index (χ2v) is 8.01. The van der Waals surface area contributed by atoms with Crippen LogP contribution < -0.4 is 20.3 Å². The molecule has 1 amide bonds. The number of fused-ring (bicyclic) bond motifs is 1. The van der Waals surface area contributed by atoms with Gasteiger partial charge in [0, 0.05) is 17.1 Å². The molecule has 0 atom stereocenters. The molecule has 2 aromatic heterocycles. The first kappa shape index (κ1) is 23.3. The van der Waals surface area contributed by atoms with Crippen LogP contribution in [0.1, 0.15) is 11.3 Å². The van der Waals surface area contributed by atoms with Gasteiger partial charge in [0.2, 0.25) is 5.91 Å². The highest BCUT2D eigenvalue weighted by molar-refractivity contribution is 6.30. The molecule has 34 heavy (non-hydrogen) atoms. The minimum absolute atomic E-state index is 0.121. The molecule has 0 unspecified atom stereocenters. The van der Waals surface area contributed by atoms with Crippen LogP contribution in [0, 0.1) is 6.92 Å². The summed E-state index contributed by atoms with van der Waals surface area (Å²) in [6, 6.07) is 12.6. The molecule has 0 aliphatic rings. The van der Waals surface area contributed by atoms with Gasteiger partial charge >= 0.3 is 0 Å². The highest BCUT2D eigenvalue weighted by Gasteiger charge is 2.20. The molecule has 2 heterocycles. The smallest absolute Gasteiger partial charge is 0.297 e. The lowest BCUT2D eigenvalue weighted by molar-refractivity contribution is -0.121. The number of carbonyl (C=O) groups is 1. The van der Waals surface area contributed by atoms with Crippen molar-refractivity contribution in [3.63, 3.8) is 0 Å². The average molecular weight is 483 g/mol. The predicted molar refractivity (Wildman–Crippen MR) is 128 cm³/mol. The van der Waals surface area contributed by atoms with Crippen LogP contribution in [0.3, 0.4) is 0 Å². The molecule has 4 rings (SSSR count). The third-order valence-corrected chi connectivity index (χ3v) is 5.60. The summed E-state index contributed by atoms with van der Waals surface area (Å²) in [5.41, 5.74) is 1.80. The van der Waals surface area contributed by atoms with E-state index in [0.717, 1.165) is 15.8 Å². The maximum Gasteiger partial charge on any atom is 0.297 e. The van der Waals surface area contributed by atoms with E-state index in [1.165, 1.54) is 0 Å². The number of aromatic nitrogens is 3. The van der Waals surface area contributed by atoms with Gasteiger partial charge in [-0.2, -0.15) is 5.10 Å². The third kappa shape index (κ3) is 4.74. The summed E-state index contributed by atoms with van der Waals surface area (Å²) in [6.07, 6.45) is 0.575. The van der Waals surface area contributed by atoms with Gasteiger partial charge in [-0.15, -0.1) is 0 Å². The van der Waals surface area contributed by atoms with Crippen molar-refractivity contribution < 1.29 is 18.8 Å². The number of nitrogens with one attached hydrogen (secondary N) is 1. The Morgan fingerprint density at radius 1 is 1.12 bits per heavy atom. The Labute approximate surface area is 200 Å². The highest BCUT2D eigenvalue weighted by Crippen LogP contribution is 2.29. The molecule has 4 aromatic rings. The quantitative estimate of drug-likeness (QED) is 0.410. The van der Waals surface area contributed by atoms with E-state index < -0.39 is 5.56 Å². The van der Waals surface area contributed by atoms with E-state index in [1.807, 2.05) is 18.2 Å². The lowest BCUT2D eigenvalue weighted by atomic mass is 10.1. The van der Waals surface area contributed by atoms with Crippen LogP contribution in [0.25, 0.3) is 22.2 Å². The van der Waals surface area contributed by atoms with Gasteiger partial charge in [-0.25, -0.2) is 4.68 Å². The third-order valence-electron chi connectivity index (χ3n) is 5.35. The van der Waals surface area contributed by atoms with Crippen molar-refractivity contribution in [3.8, 4) is 22.8 Å². The van der Waals surface area contributed by atoms with Gasteiger partial charge in [0.05, 0.1) is 19.6 Å². The molecule has 0 fully saturated rings. The zero-order chi connectivity index (χ0) is 24.2. The van der Waals surface area contributed by atoms with Crippen molar-refractivity contribution >= 4 is 28.4 Å². The zero-order valence-corrected chi connectivity index (χ0v) is 19.7. The Hall–Kier alpha value is -3.85. The minimum Gasteiger partial charge on any atom is -0.493 e. The summed E-state index contributed by atoms with van der Waals surface area (Å²) < 4.78 is 16.9. The number of hydrogen-bond donors (Lipinski definition) is 1. The maximum absolute atomic E-state index is 12.9. The van der Waals surface area contributed by atoms with E-state index in [1.54, 1.807) is 45.4 Å². The molecule has 2 aromatic carbocycles. The van der Waals surface area contributed by atoms with Gasteiger partial charge in [-0.05, 0) is 43.2 Å². The molecule has 0 aliphatic carbocycles. The Balaban J connectivity index is 1.52. The molecular formula is C24H23ClN4O5. The van der Waals surface area contributed by atoms with Crippen molar-refractivity contribution in [1.29, 1.82) is 0 Å². The monoisotopic (exact) mass is 482 g/mol. The van der Waals surface area contributed by atoms with E-state index in [2.05, 4.69) is 15.6 Å². The molecule has 176 valence electrons. The van der Waals surface area contributed by atoms with Crippen molar-refractivity contribution in [1.82, 2.24) is 20.3 Å². The standard InChI is InChI=1S/C24H23ClN4O5/c1-14-21-22(16-5-7-17(25)8-6-16)27-29(24(31)23(21)28-34-14)13-20(30)26-11-10-15-4-9-18(32-2)19(12-15)33-3/h4-9,12H,10-11,13H2,1-3H3,(H,26,30). The van der Waals surface area contributed by atoms with Crippen LogP contribution >= 0.6 is 11.6 Å². The van der Waals surface area contributed by atoms with E-state index in [9.17, 15) is 9.59 Å². The lowest BCUT2D eigenvalue weighted by Crippen LogP contribution is -2.35. The topological polar surface area (TPSA) is 108 Å². The van der Waals surface area contributed by atoms with Crippen LogP contribution in [0.5, 0.6) is 11.5 Å². The van der Waals surface area contributed by atoms with Gasteiger partial charge in [-0.3, -0.25) is 9.59 Å². The molecule has 9 nitrogen and oxygen atoms in total. The Bertz CT molecular complexity index is 1400. The fraction of sp³-hybridized carbons (Fsp3) is 0.250. The number of hydrogen-bond acceptors (Lipinski definition) is 7. The second-order valence-electron chi connectivity index (χ2n) is 7.57. The number of ether oxygens (including phenoxy) is 2. The summed E-state index contributed by atoms with van der Waals surface area (Å²) in [5.74, 6) is 1.37. The maximum atomic E-state index is 12.9. The van der Waals surface area contributed by atoms with Gasteiger partial charge in [0.15, 0.2) is 17.0 Å². The first-order valence-corrected chi connectivity index (χ1v) is 10.9. The van der Waals surface area contributed by atoms with Crippen LogP contribution in [-0.4, -0.2) is 41.6 Å². The Morgan fingerprint density at radius 2 is 1.85 bits per heavy atom. The Morgan fingerprint density at radius 3 is 2.56 bits per heavy atom. The van der Waals surface area contributed by atoms with Gasteiger partial charge in [0.25, 0.3) is 5.56 Å². The van der Waals surface area contributed by atoms with E-state index in [0.29, 0.717) is 46.3 Å². The molecule has 0 bridgehead atoms. The fourth-order valence-electron chi connectivity index (χ4n) is 3.63. The van der Waals surface area contributed by atoms with E-state index in [4.69, 9.17) is 25.6 Å². The van der Waals surface area contributed by atoms with Crippen molar-refractivity contribution in [3.05, 3.63) is 69.2 Å². The number of rotatable bonds is 8. The number of amides is 1. The molecule has 0 radical (unpaired) electrons. The summed E-state index contributed by atoms with van der Waals surface area (Å²) in [7, 11) is 3.14. The molecule has 0 saturated heterocycles. The largest absolute Gasteiger partial charge is 0.493 e. The second kappa shape index (κ2) is 9.96.